The van der Waals surface area contributed by atoms with Crippen molar-refractivity contribution in [3.8, 4) is 0 Å². The fourth-order valence-corrected chi connectivity index (χ4v) is 2.95. The van der Waals surface area contributed by atoms with Crippen molar-refractivity contribution in [2.75, 3.05) is 6.54 Å². The van der Waals surface area contributed by atoms with E-state index in [1.54, 1.807) is 0 Å². The number of carbonyl (C=O) groups excluding carboxylic acids is 2. The number of nitrogens with one attached hydrogen (secondary N) is 1. The SMILES string of the molecule is C=CCC1(CNC(=O)[C@@H](N)CC(N)=O)CCCCCC1.O=C(O)C(F)(F)F. The summed E-state index contributed by atoms with van der Waals surface area (Å²) in [5, 5.41) is 10.0. The van der Waals surface area contributed by atoms with Crippen LogP contribution in [0.15, 0.2) is 12.7 Å². The summed E-state index contributed by atoms with van der Waals surface area (Å²) in [6, 6.07) is -0.848. The van der Waals surface area contributed by atoms with Gasteiger partial charge in [0.05, 0.1) is 12.5 Å². The van der Waals surface area contributed by atoms with Gasteiger partial charge < -0.3 is 21.9 Å². The normalized spacial score (nSPS) is 17.5. The van der Waals surface area contributed by atoms with Crippen LogP contribution in [0, 0.1) is 5.41 Å². The highest BCUT2D eigenvalue weighted by atomic mass is 19.4. The maximum Gasteiger partial charge on any atom is 0.490 e. The Morgan fingerprint density at radius 1 is 1.19 bits per heavy atom. The first kappa shape index (κ1) is 24.9. The minimum absolute atomic E-state index is 0.0976. The number of carboxylic acids is 1. The summed E-state index contributed by atoms with van der Waals surface area (Å²) >= 11 is 0. The first-order valence-electron chi connectivity index (χ1n) is 8.66. The van der Waals surface area contributed by atoms with Gasteiger partial charge in [0.25, 0.3) is 0 Å². The van der Waals surface area contributed by atoms with Gasteiger partial charge in [-0.25, -0.2) is 4.79 Å². The lowest BCUT2D eigenvalue weighted by Gasteiger charge is -2.32. The molecule has 0 heterocycles. The summed E-state index contributed by atoms with van der Waals surface area (Å²) in [7, 11) is 0. The van der Waals surface area contributed by atoms with Gasteiger partial charge in [-0.15, -0.1) is 6.58 Å². The second kappa shape index (κ2) is 11.6. The van der Waals surface area contributed by atoms with Crippen molar-refractivity contribution in [2.45, 2.75) is 63.6 Å². The van der Waals surface area contributed by atoms with Crippen LogP contribution in [0.1, 0.15) is 51.4 Å². The van der Waals surface area contributed by atoms with Crippen LogP contribution < -0.4 is 16.8 Å². The maximum absolute atomic E-state index is 11.9. The van der Waals surface area contributed by atoms with E-state index in [2.05, 4.69) is 11.9 Å². The van der Waals surface area contributed by atoms with Gasteiger partial charge in [-0.2, -0.15) is 13.2 Å². The van der Waals surface area contributed by atoms with E-state index in [1.807, 2.05) is 6.08 Å². The molecule has 156 valence electrons. The van der Waals surface area contributed by atoms with Gasteiger partial charge in [0.1, 0.15) is 0 Å². The van der Waals surface area contributed by atoms with E-state index >= 15 is 0 Å². The van der Waals surface area contributed by atoms with E-state index in [-0.39, 0.29) is 17.7 Å². The molecule has 0 unspecified atom stereocenters. The number of allylic oxidation sites excluding steroid dienone is 1. The minimum Gasteiger partial charge on any atom is -0.475 e. The second-order valence-electron chi connectivity index (χ2n) is 6.70. The Morgan fingerprint density at radius 3 is 2.04 bits per heavy atom. The number of rotatable bonds is 7. The maximum atomic E-state index is 11.9. The van der Waals surface area contributed by atoms with Crippen molar-refractivity contribution in [1.29, 1.82) is 0 Å². The van der Waals surface area contributed by atoms with Gasteiger partial charge in [0.2, 0.25) is 11.8 Å². The van der Waals surface area contributed by atoms with Crippen molar-refractivity contribution in [1.82, 2.24) is 5.32 Å². The van der Waals surface area contributed by atoms with Gasteiger partial charge in [-0.1, -0.05) is 31.8 Å². The van der Waals surface area contributed by atoms with Crippen molar-refractivity contribution in [3.05, 3.63) is 12.7 Å². The third-order valence-corrected chi connectivity index (χ3v) is 4.38. The number of halogens is 3. The molecule has 1 aliphatic carbocycles. The summed E-state index contributed by atoms with van der Waals surface area (Å²) in [5.41, 5.74) is 10.8. The number of alkyl halides is 3. The molecule has 1 atom stereocenters. The molecule has 1 aliphatic rings. The molecule has 0 spiro atoms. The standard InChI is InChI=1S/C15H27N3O2.C2HF3O2/c1-2-7-15(8-5-3-4-6-9-15)11-18-14(20)12(16)10-13(17)19;3-2(4,5)1(6)7/h2,12H,1,3-11,16H2,(H2,17,19)(H,18,20);(H,6,7)/t12-;/m0./s1. The molecule has 1 saturated carbocycles. The van der Waals surface area contributed by atoms with Gasteiger partial charge in [0.15, 0.2) is 0 Å². The zero-order chi connectivity index (χ0) is 21.1. The quantitative estimate of drug-likeness (QED) is 0.385. The average Bonchev–Trinajstić information content (AvgIpc) is 2.78. The van der Waals surface area contributed by atoms with Crippen LogP contribution >= 0.6 is 0 Å². The number of hydrogen-bond acceptors (Lipinski definition) is 4. The summed E-state index contributed by atoms with van der Waals surface area (Å²) in [6.07, 6.45) is 4.74. The lowest BCUT2D eigenvalue weighted by atomic mass is 9.77. The molecular formula is C17H28F3N3O4. The first-order chi connectivity index (χ1) is 12.4. The monoisotopic (exact) mass is 395 g/mol. The van der Waals surface area contributed by atoms with Gasteiger partial charge in [-0.05, 0) is 24.7 Å². The van der Waals surface area contributed by atoms with Crippen LogP contribution in [0.5, 0.6) is 0 Å². The third-order valence-electron chi connectivity index (χ3n) is 4.38. The van der Waals surface area contributed by atoms with E-state index in [4.69, 9.17) is 21.4 Å². The molecule has 0 saturated heterocycles. The lowest BCUT2D eigenvalue weighted by molar-refractivity contribution is -0.192. The Kier molecular flexibility index (Phi) is 10.7. The van der Waals surface area contributed by atoms with Crippen LogP contribution in [0.25, 0.3) is 0 Å². The zero-order valence-electron chi connectivity index (χ0n) is 15.2. The summed E-state index contributed by atoms with van der Waals surface area (Å²) in [5.74, 6) is -3.60. The largest absolute Gasteiger partial charge is 0.490 e. The van der Waals surface area contributed by atoms with E-state index in [0.717, 1.165) is 19.3 Å². The highest BCUT2D eigenvalue weighted by molar-refractivity contribution is 5.87. The van der Waals surface area contributed by atoms with E-state index in [1.165, 1.54) is 25.7 Å². The lowest BCUT2D eigenvalue weighted by Crippen LogP contribution is -2.46. The van der Waals surface area contributed by atoms with Crippen LogP contribution in [-0.2, 0) is 14.4 Å². The Balaban J connectivity index is 0.000000821. The van der Waals surface area contributed by atoms with E-state index in [0.29, 0.717) is 6.54 Å². The molecule has 0 aromatic rings. The van der Waals surface area contributed by atoms with Crippen LogP contribution in [-0.4, -0.2) is 41.7 Å². The zero-order valence-corrected chi connectivity index (χ0v) is 15.2. The summed E-state index contributed by atoms with van der Waals surface area (Å²) in [6.45, 7) is 4.43. The number of aliphatic carboxylic acids is 1. The molecule has 0 radical (unpaired) electrons. The van der Waals surface area contributed by atoms with Crippen LogP contribution in [0.3, 0.4) is 0 Å². The molecule has 0 bridgehead atoms. The van der Waals surface area contributed by atoms with Gasteiger partial charge in [-0.3, -0.25) is 9.59 Å². The van der Waals surface area contributed by atoms with Crippen molar-refractivity contribution in [3.63, 3.8) is 0 Å². The highest BCUT2D eigenvalue weighted by Crippen LogP contribution is 2.37. The van der Waals surface area contributed by atoms with E-state index in [9.17, 15) is 22.8 Å². The number of carbonyl (C=O) groups is 3. The fourth-order valence-electron chi connectivity index (χ4n) is 2.95. The number of nitrogens with two attached hydrogens (primary N) is 2. The highest BCUT2D eigenvalue weighted by Gasteiger charge is 2.38. The Bertz CT molecular complexity index is 516. The van der Waals surface area contributed by atoms with Gasteiger partial charge >= 0.3 is 12.1 Å². The van der Waals surface area contributed by atoms with Crippen LogP contribution in [0.4, 0.5) is 13.2 Å². The molecule has 0 aromatic heterocycles. The van der Waals surface area contributed by atoms with Crippen molar-refractivity contribution >= 4 is 17.8 Å². The Morgan fingerprint density at radius 2 is 1.67 bits per heavy atom. The van der Waals surface area contributed by atoms with Crippen LogP contribution in [0.2, 0.25) is 0 Å². The molecule has 1 rings (SSSR count). The molecular weight excluding hydrogens is 367 g/mol. The summed E-state index contributed by atoms with van der Waals surface area (Å²) < 4.78 is 31.7. The smallest absolute Gasteiger partial charge is 0.475 e. The summed E-state index contributed by atoms with van der Waals surface area (Å²) in [4.78, 5) is 31.6. The topological polar surface area (TPSA) is 136 Å². The number of carboxylic acid groups (broad SMARTS) is 1. The molecule has 2 amide bonds. The predicted molar refractivity (Wildman–Crippen MR) is 93.4 cm³/mol. The first-order valence-corrected chi connectivity index (χ1v) is 8.66. The average molecular weight is 395 g/mol. The Labute approximate surface area is 156 Å². The molecule has 1 fully saturated rings. The number of amides is 2. The third kappa shape index (κ3) is 10.6. The van der Waals surface area contributed by atoms with Gasteiger partial charge in [0, 0.05) is 6.54 Å². The van der Waals surface area contributed by atoms with Crippen molar-refractivity contribution in [2.24, 2.45) is 16.9 Å². The van der Waals surface area contributed by atoms with E-state index < -0.39 is 24.1 Å². The molecule has 6 N–H and O–H groups in total. The second-order valence-corrected chi connectivity index (χ2v) is 6.70. The molecule has 0 aromatic carbocycles. The predicted octanol–water partition coefficient (Wildman–Crippen LogP) is 1.86. The Hall–Kier alpha value is -2.10. The number of primary amides is 1. The number of hydrogen-bond donors (Lipinski definition) is 4. The minimum atomic E-state index is -5.08. The molecule has 7 nitrogen and oxygen atoms in total. The molecule has 27 heavy (non-hydrogen) atoms. The molecule has 0 aliphatic heterocycles. The molecule has 10 heteroatoms. The van der Waals surface area contributed by atoms with Crippen molar-refractivity contribution < 1.29 is 32.7 Å². The fraction of sp³-hybridized carbons (Fsp3) is 0.706.